The van der Waals surface area contributed by atoms with Gasteiger partial charge in [0.15, 0.2) is 0 Å². The molecular formula is C22H37BrO3. The van der Waals surface area contributed by atoms with E-state index in [9.17, 15) is 9.90 Å². The Kier molecular flexibility index (Phi) is 6.11. The van der Waals surface area contributed by atoms with Crippen molar-refractivity contribution in [2.45, 2.75) is 96.1 Å². The lowest BCUT2D eigenvalue weighted by atomic mass is 9.44. The average Bonchev–Trinajstić information content (AvgIpc) is 2.54. The Balaban J connectivity index is 2.32. The Hall–Kier alpha value is -0.350. The molecule has 2 saturated carbocycles. The Bertz CT molecular complexity index is 560. The Morgan fingerprint density at radius 2 is 1.96 bits per heavy atom. The van der Waals surface area contributed by atoms with Crippen molar-refractivity contribution in [2.75, 3.05) is 0 Å². The highest BCUT2D eigenvalue weighted by Gasteiger charge is 2.62. The Morgan fingerprint density at radius 1 is 1.35 bits per heavy atom. The summed E-state index contributed by atoms with van der Waals surface area (Å²) in [5.41, 5.74) is -1.47. The number of carbonyl (C=O) groups is 1. The van der Waals surface area contributed by atoms with E-state index < -0.39 is 11.2 Å². The number of ether oxygens (including phenoxy) is 1. The van der Waals surface area contributed by atoms with Crippen LogP contribution in [0, 0.1) is 22.7 Å². The van der Waals surface area contributed by atoms with Crippen LogP contribution >= 0.6 is 15.9 Å². The van der Waals surface area contributed by atoms with Crippen molar-refractivity contribution >= 4 is 21.9 Å². The van der Waals surface area contributed by atoms with Crippen molar-refractivity contribution in [2.24, 2.45) is 22.7 Å². The van der Waals surface area contributed by atoms with E-state index in [1.54, 1.807) is 6.08 Å². The lowest BCUT2D eigenvalue weighted by Gasteiger charge is -2.64. The molecule has 0 spiro atoms. The molecule has 2 rings (SSSR count). The minimum atomic E-state index is -0.759. The fourth-order valence-electron chi connectivity index (χ4n) is 5.93. The van der Waals surface area contributed by atoms with Gasteiger partial charge in [-0.15, -0.1) is 0 Å². The normalized spacial score (nSPS) is 41.6. The van der Waals surface area contributed by atoms with Crippen LogP contribution in [-0.4, -0.2) is 27.1 Å². The van der Waals surface area contributed by atoms with E-state index in [2.05, 4.69) is 50.2 Å². The van der Waals surface area contributed by atoms with E-state index in [1.165, 1.54) is 6.92 Å². The molecule has 1 N–H and O–H groups in total. The molecule has 0 aromatic carbocycles. The third-order valence-corrected chi connectivity index (χ3v) is 9.53. The molecule has 3 nitrogen and oxygen atoms in total. The number of rotatable bonds is 5. The van der Waals surface area contributed by atoms with Gasteiger partial charge in [-0.3, -0.25) is 4.79 Å². The molecule has 2 aliphatic rings. The fraction of sp³-hybridized carbons (Fsp3) is 0.864. The van der Waals surface area contributed by atoms with Crippen LogP contribution in [0.1, 0.15) is 80.1 Å². The molecule has 0 heterocycles. The third-order valence-electron chi connectivity index (χ3n) is 7.90. The van der Waals surface area contributed by atoms with Gasteiger partial charge in [0.2, 0.25) is 0 Å². The summed E-state index contributed by atoms with van der Waals surface area (Å²) in [6.07, 6.45) is 7.23. The number of carbonyl (C=O) groups excluding carboxylic acids is 1. The highest BCUT2D eigenvalue weighted by molar-refractivity contribution is 9.09. The molecule has 0 bridgehead atoms. The molecule has 150 valence electrons. The molecule has 0 saturated heterocycles. The number of aliphatic hydroxyl groups is 1. The number of halogens is 1. The lowest BCUT2D eigenvalue weighted by Crippen LogP contribution is -2.64. The SMILES string of the molecule is C=C[C@@](C)(CC[C@]1(O)[C@@H](C)CC[C@@H]2C(C)(C)[C@H](Br)CC[C@]21C)OC(C)=O. The van der Waals surface area contributed by atoms with Gasteiger partial charge in [0.05, 0.1) is 5.60 Å². The second-order valence-corrected chi connectivity index (χ2v) is 10.9. The van der Waals surface area contributed by atoms with Crippen molar-refractivity contribution in [1.82, 2.24) is 0 Å². The van der Waals surface area contributed by atoms with Gasteiger partial charge in [0.1, 0.15) is 5.60 Å². The van der Waals surface area contributed by atoms with Crippen LogP contribution in [0.25, 0.3) is 0 Å². The van der Waals surface area contributed by atoms with E-state index in [4.69, 9.17) is 4.74 Å². The summed E-state index contributed by atoms with van der Waals surface area (Å²) >= 11 is 3.91. The topological polar surface area (TPSA) is 46.5 Å². The van der Waals surface area contributed by atoms with Gasteiger partial charge in [-0.25, -0.2) is 0 Å². The summed E-state index contributed by atoms with van der Waals surface area (Å²) in [5.74, 6) is 0.400. The number of hydrogen-bond acceptors (Lipinski definition) is 3. The van der Waals surface area contributed by atoms with Crippen LogP contribution in [0.3, 0.4) is 0 Å². The maximum atomic E-state index is 12.0. The van der Waals surface area contributed by atoms with E-state index in [0.29, 0.717) is 23.6 Å². The van der Waals surface area contributed by atoms with Gasteiger partial charge < -0.3 is 9.84 Å². The van der Waals surface area contributed by atoms with Crippen LogP contribution in [0.5, 0.6) is 0 Å². The summed E-state index contributed by atoms with van der Waals surface area (Å²) < 4.78 is 5.51. The van der Waals surface area contributed by atoms with Crippen molar-refractivity contribution in [1.29, 1.82) is 0 Å². The van der Waals surface area contributed by atoms with Crippen LogP contribution in [0.15, 0.2) is 12.7 Å². The predicted molar refractivity (Wildman–Crippen MR) is 110 cm³/mol. The molecule has 0 aromatic rings. The molecule has 2 fully saturated rings. The standard InChI is InChI=1S/C22H37BrO3/c1-8-20(6,26-16(3)24)13-14-22(25)15(2)9-10-17-19(4,5)18(23)11-12-21(17,22)7/h8,15,17-18,25H,1,9-14H2,2-7H3/t15-,17+,18+,20-,21+,22-/m0/s1. The summed E-state index contributed by atoms with van der Waals surface area (Å²) in [7, 11) is 0. The molecule has 26 heavy (non-hydrogen) atoms. The van der Waals surface area contributed by atoms with Gasteiger partial charge in [0, 0.05) is 11.8 Å². The Labute approximate surface area is 168 Å². The minimum absolute atomic E-state index is 0.128. The second kappa shape index (κ2) is 7.24. The highest BCUT2D eigenvalue weighted by atomic mass is 79.9. The van der Waals surface area contributed by atoms with Gasteiger partial charge in [-0.2, -0.15) is 0 Å². The summed E-state index contributed by atoms with van der Waals surface area (Å²) in [6, 6.07) is 0. The second-order valence-electron chi connectivity index (χ2n) is 9.81. The number of alkyl halides is 1. The molecular weight excluding hydrogens is 392 g/mol. The average molecular weight is 429 g/mol. The maximum absolute atomic E-state index is 12.0. The zero-order valence-electron chi connectivity index (χ0n) is 17.4. The minimum Gasteiger partial charge on any atom is -0.455 e. The first kappa shape index (κ1) is 21.9. The van der Waals surface area contributed by atoms with Crippen LogP contribution in [0.4, 0.5) is 0 Å². The third kappa shape index (κ3) is 3.53. The number of hydrogen-bond donors (Lipinski definition) is 1. The van der Waals surface area contributed by atoms with E-state index in [0.717, 1.165) is 25.7 Å². The molecule has 0 unspecified atom stereocenters. The number of fused-ring (bicyclic) bond motifs is 1. The quantitative estimate of drug-likeness (QED) is 0.349. The first-order chi connectivity index (χ1) is 11.8. The van der Waals surface area contributed by atoms with Crippen molar-refractivity contribution in [3.05, 3.63) is 12.7 Å². The molecule has 6 atom stereocenters. The summed E-state index contributed by atoms with van der Waals surface area (Å²) in [4.78, 5) is 12.0. The summed E-state index contributed by atoms with van der Waals surface area (Å²) in [5, 5.41) is 12.0. The Morgan fingerprint density at radius 3 is 2.50 bits per heavy atom. The maximum Gasteiger partial charge on any atom is 0.303 e. The zero-order chi connectivity index (χ0) is 20.0. The molecule has 0 aliphatic heterocycles. The van der Waals surface area contributed by atoms with Gasteiger partial charge in [0.25, 0.3) is 0 Å². The smallest absolute Gasteiger partial charge is 0.303 e. The predicted octanol–water partition coefficient (Wildman–Crippen LogP) is 5.64. The summed E-state index contributed by atoms with van der Waals surface area (Å²) in [6.45, 7) is 16.3. The van der Waals surface area contributed by atoms with Crippen LogP contribution in [0.2, 0.25) is 0 Å². The lowest BCUT2D eigenvalue weighted by molar-refractivity contribution is -0.214. The van der Waals surface area contributed by atoms with Crippen molar-refractivity contribution < 1.29 is 14.6 Å². The zero-order valence-corrected chi connectivity index (χ0v) is 19.0. The first-order valence-corrected chi connectivity index (χ1v) is 10.9. The van der Waals surface area contributed by atoms with E-state index >= 15 is 0 Å². The highest BCUT2D eigenvalue weighted by Crippen LogP contribution is 2.64. The van der Waals surface area contributed by atoms with Gasteiger partial charge in [-0.05, 0) is 74.2 Å². The van der Waals surface area contributed by atoms with E-state index in [1.807, 2.05) is 6.92 Å². The van der Waals surface area contributed by atoms with Crippen LogP contribution in [-0.2, 0) is 9.53 Å². The first-order valence-electron chi connectivity index (χ1n) is 10.0. The molecule has 0 aromatic heterocycles. The fourth-order valence-corrected chi connectivity index (χ4v) is 6.48. The van der Waals surface area contributed by atoms with Crippen molar-refractivity contribution in [3.63, 3.8) is 0 Å². The molecule has 2 aliphatic carbocycles. The monoisotopic (exact) mass is 428 g/mol. The molecule has 0 radical (unpaired) electrons. The largest absolute Gasteiger partial charge is 0.455 e. The molecule has 4 heteroatoms. The van der Waals surface area contributed by atoms with Gasteiger partial charge in [-0.1, -0.05) is 50.2 Å². The number of esters is 1. The molecule has 0 amide bonds. The van der Waals surface area contributed by atoms with Crippen molar-refractivity contribution in [3.8, 4) is 0 Å². The van der Waals surface area contributed by atoms with Gasteiger partial charge >= 0.3 is 5.97 Å². The van der Waals surface area contributed by atoms with Crippen LogP contribution < -0.4 is 0 Å². The van der Waals surface area contributed by atoms with E-state index in [-0.39, 0.29) is 22.7 Å².